The molecule has 1 N–H and O–H groups in total. The highest BCUT2D eigenvalue weighted by molar-refractivity contribution is 6.33. The van der Waals surface area contributed by atoms with Gasteiger partial charge in [-0.2, -0.15) is 0 Å². The van der Waals surface area contributed by atoms with Crippen LogP contribution in [0.1, 0.15) is 19.3 Å². The van der Waals surface area contributed by atoms with Crippen LogP contribution in [0.3, 0.4) is 0 Å². The van der Waals surface area contributed by atoms with Gasteiger partial charge >= 0.3 is 0 Å². The van der Waals surface area contributed by atoms with Crippen LogP contribution in [-0.2, 0) is 4.74 Å². The summed E-state index contributed by atoms with van der Waals surface area (Å²) in [6.45, 7) is 0.714. The zero-order valence-electron chi connectivity index (χ0n) is 8.96. The summed E-state index contributed by atoms with van der Waals surface area (Å²) in [7, 11) is 1.74. The Bertz CT molecular complexity index is 377. The zero-order valence-corrected chi connectivity index (χ0v) is 10.5. The van der Waals surface area contributed by atoms with Crippen LogP contribution in [0.4, 0.5) is 5.69 Å². The van der Waals surface area contributed by atoms with Crippen molar-refractivity contribution < 1.29 is 4.74 Å². The minimum absolute atomic E-state index is 0.0565. The number of hydrogen-bond acceptors (Lipinski definition) is 4. The van der Waals surface area contributed by atoms with Crippen molar-refractivity contribution in [1.82, 2.24) is 10.2 Å². The normalized spacial score (nSPS) is 17.9. The molecule has 1 fully saturated rings. The standard InChI is InChI=1S/C10H13Cl2N3O/c1-16-10(3-2-4-10)6-13-7-5-8(11)14-15-9(7)12/h5H,2-4,6H2,1H3,(H,13,14). The van der Waals surface area contributed by atoms with Crippen LogP contribution >= 0.6 is 23.2 Å². The molecule has 0 aliphatic heterocycles. The van der Waals surface area contributed by atoms with E-state index in [0.717, 1.165) is 12.8 Å². The second-order valence-electron chi connectivity index (χ2n) is 3.97. The molecule has 1 aliphatic carbocycles. The summed E-state index contributed by atoms with van der Waals surface area (Å²) in [6.07, 6.45) is 3.35. The van der Waals surface area contributed by atoms with E-state index in [9.17, 15) is 0 Å². The van der Waals surface area contributed by atoms with Crippen molar-refractivity contribution in [2.24, 2.45) is 0 Å². The van der Waals surface area contributed by atoms with Gasteiger partial charge in [0, 0.05) is 19.7 Å². The lowest BCUT2D eigenvalue weighted by Gasteiger charge is -2.40. The third kappa shape index (κ3) is 2.39. The van der Waals surface area contributed by atoms with E-state index in [1.165, 1.54) is 6.42 Å². The van der Waals surface area contributed by atoms with Crippen molar-refractivity contribution in [2.75, 3.05) is 19.0 Å². The third-order valence-electron chi connectivity index (χ3n) is 3.02. The number of hydrogen-bond donors (Lipinski definition) is 1. The highest BCUT2D eigenvalue weighted by Gasteiger charge is 2.36. The molecule has 0 bridgehead atoms. The summed E-state index contributed by atoms with van der Waals surface area (Å²) in [6, 6.07) is 1.67. The Balaban J connectivity index is 2.01. The van der Waals surface area contributed by atoms with E-state index >= 15 is 0 Å². The summed E-state index contributed by atoms with van der Waals surface area (Å²) in [5.74, 6) is 0. The highest BCUT2D eigenvalue weighted by Crippen LogP contribution is 2.35. The Kier molecular flexibility index (Phi) is 3.52. The second-order valence-corrected chi connectivity index (χ2v) is 4.71. The van der Waals surface area contributed by atoms with Crippen molar-refractivity contribution in [3.05, 3.63) is 16.4 Å². The van der Waals surface area contributed by atoms with Crippen molar-refractivity contribution in [2.45, 2.75) is 24.9 Å². The van der Waals surface area contributed by atoms with Crippen molar-refractivity contribution in [3.63, 3.8) is 0 Å². The van der Waals surface area contributed by atoms with E-state index in [4.69, 9.17) is 27.9 Å². The van der Waals surface area contributed by atoms with Gasteiger partial charge in [0.2, 0.25) is 0 Å². The molecule has 16 heavy (non-hydrogen) atoms. The fraction of sp³-hybridized carbons (Fsp3) is 0.600. The lowest BCUT2D eigenvalue weighted by atomic mass is 9.80. The maximum atomic E-state index is 5.89. The Morgan fingerprint density at radius 1 is 1.44 bits per heavy atom. The van der Waals surface area contributed by atoms with Crippen molar-refractivity contribution in [3.8, 4) is 0 Å². The zero-order chi connectivity index (χ0) is 11.6. The van der Waals surface area contributed by atoms with Crippen LogP contribution in [0.5, 0.6) is 0 Å². The first-order valence-corrected chi connectivity index (χ1v) is 5.89. The van der Waals surface area contributed by atoms with Crippen molar-refractivity contribution in [1.29, 1.82) is 0 Å². The highest BCUT2D eigenvalue weighted by atomic mass is 35.5. The average Bonchev–Trinajstić information content (AvgIpc) is 2.22. The van der Waals surface area contributed by atoms with Crippen LogP contribution in [0.25, 0.3) is 0 Å². The molecular weight excluding hydrogens is 249 g/mol. The molecule has 4 nitrogen and oxygen atoms in total. The molecule has 0 spiro atoms. The largest absolute Gasteiger partial charge is 0.380 e. The first-order valence-electron chi connectivity index (χ1n) is 5.13. The molecule has 0 aromatic carbocycles. The maximum absolute atomic E-state index is 5.89. The topological polar surface area (TPSA) is 47.0 Å². The van der Waals surface area contributed by atoms with Gasteiger partial charge < -0.3 is 10.1 Å². The Labute approximate surface area is 104 Å². The van der Waals surface area contributed by atoms with Gasteiger partial charge in [0.25, 0.3) is 0 Å². The van der Waals surface area contributed by atoms with Crippen LogP contribution < -0.4 is 5.32 Å². The number of methoxy groups -OCH3 is 1. The lowest BCUT2D eigenvalue weighted by Crippen LogP contribution is -2.45. The molecule has 0 unspecified atom stereocenters. The average molecular weight is 262 g/mol. The molecular formula is C10H13Cl2N3O. The Morgan fingerprint density at radius 2 is 2.19 bits per heavy atom. The number of nitrogens with zero attached hydrogens (tertiary/aromatic N) is 2. The summed E-state index contributed by atoms with van der Waals surface area (Å²) >= 11 is 11.6. The molecule has 6 heteroatoms. The number of anilines is 1. The number of ether oxygens (including phenoxy) is 1. The molecule has 1 heterocycles. The van der Waals surface area contributed by atoms with Gasteiger partial charge in [-0.15, -0.1) is 10.2 Å². The summed E-state index contributed by atoms with van der Waals surface area (Å²) in [5, 5.41) is 11.2. The molecule has 0 amide bonds. The fourth-order valence-corrected chi connectivity index (χ4v) is 2.06. The van der Waals surface area contributed by atoms with E-state index in [0.29, 0.717) is 22.5 Å². The third-order valence-corrected chi connectivity index (χ3v) is 3.48. The number of aromatic nitrogens is 2. The first kappa shape index (κ1) is 11.9. The fourth-order valence-electron chi connectivity index (χ4n) is 1.76. The van der Waals surface area contributed by atoms with Crippen LogP contribution in [0, 0.1) is 0 Å². The van der Waals surface area contributed by atoms with Gasteiger partial charge in [0.1, 0.15) is 0 Å². The summed E-state index contributed by atoms with van der Waals surface area (Å²) in [5.41, 5.74) is 0.643. The van der Waals surface area contributed by atoms with Crippen LogP contribution in [-0.4, -0.2) is 29.5 Å². The van der Waals surface area contributed by atoms with E-state index in [-0.39, 0.29) is 5.60 Å². The molecule has 0 saturated heterocycles. The lowest BCUT2D eigenvalue weighted by molar-refractivity contribution is -0.0601. The molecule has 0 atom stereocenters. The van der Waals surface area contributed by atoms with Gasteiger partial charge in [0.15, 0.2) is 10.3 Å². The van der Waals surface area contributed by atoms with Crippen LogP contribution in [0.2, 0.25) is 10.3 Å². The predicted molar refractivity (Wildman–Crippen MR) is 64.1 cm³/mol. The minimum atomic E-state index is -0.0565. The van der Waals surface area contributed by atoms with E-state index in [1.807, 2.05) is 0 Å². The molecule has 1 saturated carbocycles. The minimum Gasteiger partial charge on any atom is -0.380 e. The Morgan fingerprint density at radius 3 is 2.75 bits per heavy atom. The molecule has 2 rings (SSSR count). The predicted octanol–water partition coefficient (Wildman–Crippen LogP) is 2.76. The van der Waals surface area contributed by atoms with Gasteiger partial charge in [-0.1, -0.05) is 23.2 Å². The Hall–Kier alpha value is -0.580. The van der Waals surface area contributed by atoms with E-state index in [2.05, 4.69) is 15.5 Å². The smallest absolute Gasteiger partial charge is 0.174 e. The monoisotopic (exact) mass is 261 g/mol. The molecule has 1 aromatic heterocycles. The SMILES string of the molecule is COC1(CNc2cc(Cl)nnc2Cl)CCC1. The maximum Gasteiger partial charge on any atom is 0.174 e. The van der Waals surface area contributed by atoms with Crippen LogP contribution in [0.15, 0.2) is 6.07 Å². The molecule has 0 radical (unpaired) electrons. The summed E-state index contributed by atoms with van der Waals surface area (Å²) in [4.78, 5) is 0. The van der Waals surface area contributed by atoms with E-state index < -0.39 is 0 Å². The van der Waals surface area contributed by atoms with Gasteiger partial charge in [-0.3, -0.25) is 0 Å². The second kappa shape index (κ2) is 4.73. The van der Waals surface area contributed by atoms with E-state index in [1.54, 1.807) is 13.2 Å². The van der Waals surface area contributed by atoms with Crippen molar-refractivity contribution >= 4 is 28.9 Å². The quantitative estimate of drug-likeness (QED) is 0.906. The molecule has 1 aliphatic rings. The van der Waals surface area contributed by atoms with Gasteiger partial charge in [-0.05, 0) is 19.3 Å². The summed E-state index contributed by atoms with van der Waals surface area (Å²) < 4.78 is 5.49. The number of halogens is 2. The van der Waals surface area contributed by atoms with Gasteiger partial charge in [-0.25, -0.2) is 0 Å². The van der Waals surface area contributed by atoms with Gasteiger partial charge in [0.05, 0.1) is 11.3 Å². The number of rotatable bonds is 4. The molecule has 1 aromatic rings. The first-order chi connectivity index (χ1) is 7.65. The molecule has 88 valence electrons. The number of nitrogens with one attached hydrogen (secondary N) is 1.